The van der Waals surface area contributed by atoms with Gasteiger partial charge in [-0.2, -0.15) is 5.10 Å². The molecule has 1 N–H and O–H groups in total. The fraction of sp³-hybridized carbons (Fsp3) is 0.0588. The maximum atomic E-state index is 5.90. The van der Waals surface area contributed by atoms with Gasteiger partial charge in [0.15, 0.2) is 0 Å². The average molecular weight is 328 g/mol. The van der Waals surface area contributed by atoms with Crippen molar-refractivity contribution in [3.8, 4) is 11.1 Å². The molecule has 0 aliphatic rings. The summed E-state index contributed by atoms with van der Waals surface area (Å²) in [4.78, 5) is 4.29. The van der Waals surface area contributed by atoms with Gasteiger partial charge in [0.1, 0.15) is 0 Å². The Hall–Kier alpha value is -2.17. The van der Waals surface area contributed by atoms with Crippen LogP contribution in [0.15, 0.2) is 59.0 Å². The number of aryl methyl sites for hydroxylation is 1. The minimum absolute atomic E-state index is 0.746. The zero-order valence-electron chi connectivity index (χ0n) is 12.0. The molecule has 0 unspecified atom stereocenters. The van der Waals surface area contributed by atoms with Crippen molar-refractivity contribution in [2.24, 2.45) is 5.10 Å². The third-order valence-corrected chi connectivity index (χ3v) is 4.20. The van der Waals surface area contributed by atoms with Crippen LogP contribution < -0.4 is 5.43 Å². The van der Waals surface area contributed by atoms with Gasteiger partial charge in [0.2, 0.25) is 5.13 Å². The van der Waals surface area contributed by atoms with Gasteiger partial charge in [0.25, 0.3) is 0 Å². The number of hydrogen-bond donors (Lipinski definition) is 1. The second-order valence-electron chi connectivity index (χ2n) is 4.79. The van der Waals surface area contributed by atoms with Gasteiger partial charge in [-0.1, -0.05) is 48.0 Å². The summed E-state index contributed by atoms with van der Waals surface area (Å²) in [5, 5.41) is 7.72. The maximum absolute atomic E-state index is 5.90. The molecule has 1 aromatic heterocycles. The van der Waals surface area contributed by atoms with E-state index < -0.39 is 0 Å². The first-order chi connectivity index (χ1) is 10.7. The minimum atomic E-state index is 0.746. The van der Waals surface area contributed by atoms with Crippen molar-refractivity contribution < 1.29 is 0 Å². The van der Waals surface area contributed by atoms with E-state index in [9.17, 15) is 0 Å². The fourth-order valence-electron chi connectivity index (χ4n) is 1.97. The van der Waals surface area contributed by atoms with E-state index in [4.69, 9.17) is 11.6 Å². The normalized spacial score (nSPS) is 11.0. The summed E-state index contributed by atoms with van der Waals surface area (Å²) >= 11 is 7.44. The molecule has 3 nitrogen and oxygen atoms in total. The van der Waals surface area contributed by atoms with Crippen LogP contribution in [0.2, 0.25) is 5.02 Å². The van der Waals surface area contributed by atoms with Gasteiger partial charge >= 0.3 is 0 Å². The lowest BCUT2D eigenvalue weighted by Crippen LogP contribution is -1.90. The molecule has 0 spiro atoms. The summed E-state index contributed by atoms with van der Waals surface area (Å²) in [6, 6.07) is 16.0. The maximum Gasteiger partial charge on any atom is 0.203 e. The van der Waals surface area contributed by atoms with E-state index in [2.05, 4.69) is 27.6 Å². The van der Waals surface area contributed by atoms with Crippen molar-refractivity contribution in [1.82, 2.24) is 4.98 Å². The van der Waals surface area contributed by atoms with Crippen LogP contribution in [0.3, 0.4) is 0 Å². The van der Waals surface area contributed by atoms with Crippen LogP contribution in [0, 0.1) is 6.92 Å². The van der Waals surface area contributed by atoms with E-state index in [1.165, 1.54) is 11.3 Å². The molecule has 0 aliphatic carbocycles. The van der Waals surface area contributed by atoms with Gasteiger partial charge < -0.3 is 0 Å². The Balaban J connectivity index is 1.67. The number of nitrogens with zero attached hydrogens (tertiary/aromatic N) is 2. The molecule has 22 heavy (non-hydrogen) atoms. The molecule has 0 amide bonds. The monoisotopic (exact) mass is 327 g/mol. The fourth-order valence-corrected chi connectivity index (χ4v) is 2.73. The first-order valence-corrected chi connectivity index (χ1v) is 8.04. The van der Waals surface area contributed by atoms with Crippen molar-refractivity contribution in [2.45, 2.75) is 6.92 Å². The van der Waals surface area contributed by atoms with E-state index in [0.29, 0.717) is 0 Å². The van der Waals surface area contributed by atoms with E-state index in [1.54, 1.807) is 6.21 Å². The molecule has 0 saturated carbocycles. The molecule has 0 fully saturated rings. The number of aromatic nitrogens is 1. The van der Waals surface area contributed by atoms with Gasteiger partial charge in [-0.25, -0.2) is 4.98 Å². The molecular weight excluding hydrogens is 314 g/mol. The zero-order valence-corrected chi connectivity index (χ0v) is 13.5. The highest BCUT2D eigenvalue weighted by molar-refractivity contribution is 7.13. The summed E-state index contributed by atoms with van der Waals surface area (Å²) in [7, 11) is 0. The predicted molar refractivity (Wildman–Crippen MR) is 95.0 cm³/mol. The Morgan fingerprint density at radius 2 is 1.68 bits per heavy atom. The van der Waals surface area contributed by atoms with Crippen molar-refractivity contribution in [3.63, 3.8) is 0 Å². The van der Waals surface area contributed by atoms with E-state index in [0.717, 1.165) is 32.5 Å². The SMILES string of the molecule is Cc1csc(NN=Cc2ccc(-c3ccc(Cl)cc3)cc2)n1. The van der Waals surface area contributed by atoms with Crippen LogP contribution in [0.5, 0.6) is 0 Å². The van der Waals surface area contributed by atoms with Crippen molar-refractivity contribution in [2.75, 3.05) is 5.43 Å². The highest BCUT2D eigenvalue weighted by Crippen LogP contribution is 2.21. The second kappa shape index (κ2) is 6.73. The van der Waals surface area contributed by atoms with Gasteiger partial charge in [-0.15, -0.1) is 11.3 Å². The van der Waals surface area contributed by atoms with Crippen LogP contribution >= 0.6 is 22.9 Å². The summed E-state index contributed by atoms with van der Waals surface area (Å²) in [6.45, 7) is 1.96. The number of nitrogens with one attached hydrogen (secondary N) is 1. The topological polar surface area (TPSA) is 37.3 Å². The number of thiazole rings is 1. The Kier molecular flexibility index (Phi) is 4.51. The number of hydrazone groups is 1. The molecule has 0 atom stereocenters. The molecule has 0 saturated heterocycles. The number of benzene rings is 2. The molecule has 3 aromatic rings. The smallest absolute Gasteiger partial charge is 0.203 e. The van der Waals surface area contributed by atoms with Gasteiger partial charge in [0, 0.05) is 10.4 Å². The van der Waals surface area contributed by atoms with Crippen LogP contribution in [0.25, 0.3) is 11.1 Å². The third kappa shape index (κ3) is 3.72. The summed E-state index contributed by atoms with van der Waals surface area (Å²) in [6.07, 6.45) is 1.78. The average Bonchev–Trinajstić information content (AvgIpc) is 2.94. The van der Waals surface area contributed by atoms with E-state index in [1.807, 2.05) is 48.7 Å². The number of rotatable bonds is 4. The molecule has 3 rings (SSSR count). The molecule has 0 aliphatic heterocycles. The summed E-state index contributed by atoms with van der Waals surface area (Å²) < 4.78 is 0. The Labute approximate surface area is 138 Å². The predicted octanol–water partition coefficient (Wildman–Crippen LogP) is 5.22. The molecule has 2 aromatic carbocycles. The van der Waals surface area contributed by atoms with Gasteiger partial charge in [-0.3, -0.25) is 5.43 Å². The van der Waals surface area contributed by atoms with Crippen molar-refractivity contribution >= 4 is 34.3 Å². The summed E-state index contributed by atoms with van der Waals surface area (Å²) in [5.41, 5.74) is 7.24. The lowest BCUT2D eigenvalue weighted by Gasteiger charge is -2.02. The first kappa shape index (κ1) is 14.8. The summed E-state index contributed by atoms with van der Waals surface area (Å²) in [5.74, 6) is 0. The minimum Gasteiger partial charge on any atom is -0.253 e. The molecular formula is C17H14ClN3S. The largest absolute Gasteiger partial charge is 0.253 e. The van der Waals surface area contributed by atoms with Crippen molar-refractivity contribution in [3.05, 3.63) is 70.2 Å². The third-order valence-electron chi connectivity index (χ3n) is 3.08. The zero-order chi connectivity index (χ0) is 15.4. The number of anilines is 1. The molecule has 5 heteroatoms. The van der Waals surface area contributed by atoms with Crippen LogP contribution in [-0.4, -0.2) is 11.2 Å². The number of halogens is 1. The second-order valence-corrected chi connectivity index (χ2v) is 6.09. The van der Waals surface area contributed by atoms with E-state index >= 15 is 0 Å². The standard InChI is InChI=1S/C17H14ClN3S/c1-12-11-22-17(20-12)21-19-10-13-2-4-14(5-3-13)15-6-8-16(18)9-7-15/h2-11H,1H3,(H,20,21). The molecule has 1 heterocycles. The number of hydrogen-bond acceptors (Lipinski definition) is 4. The first-order valence-electron chi connectivity index (χ1n) is 6.78. The van der Waals surface area contributed by atoms with Crippen molar-refractivity contribution in [1.29, 1.82) is 0 Å². The quantitative estimate of drug-likeness (QED) is 0.527. The Morgan fingerprint density at radius 3 is 2.27 bits per heavy atom. The van der Waals surface area contributed by atoms with Gasteiger partial charge in [-0.05, 0) is 35.7 Å². The van der Waals surface area contributed by atoms with E-state index in [-0.39, 0.29) is 0 Å². The lowest BCUT2D eigenvalue weighted by molar-refractivity contribution is 1.22. The van der Waals surface area contributed by atoms with Crippen LogP contribution in [0.4, 0.5) is 5.13 Å². The highest BCUT2D eigenvalue weighted by Gasteiger charge is 1.98. The lowest BCUT2D eigenvalue weighted by atomic mass is 10.0. The Morgan fingerprint density at radius 1 is 1.05 bits per heavy atom. The molecule has 0 bridgehead atoms. The Bertz CT molecular complexity index is 776. The van der Waals surface area contributed by atoms with Crippen LogP contribution in [0.1, 0.15) is 11.3 Å². The molecule has 0 radical (unpaired) electrons. The van der Waals surface area contributed by atoms with Crippen LogP contribution in [-0.2, 0) is 0 Å². The van der Waals surface area contributed by atoms with Gasteiger partial charge in [0.05, 0.1) is 11.9 Å². The highest BCUT2D eigenvalue weighted by atomic mass is 35.5. The molecule has 110 valence electrons.